The number of nitrogens with zero attached hydrogens (tertiary/aromatic N) is 1. The van der Waals surface area contributed by atoms with E-state index in [0.29, 0.717) is 17.3 Å². The molecule has 0 radical (unpaired) electrons. The van der Waals surface area contributed by atoms with Crippen molar-refractivity contribution in [2.45, 2.75) is 58.3 Å². The van der Waals surface area contributed by atoms with E-state index in [4.69, 9.17) is 0 Å². The Morgan fingerprint density at radius 2 is 1.88 bits per heavy atom. The monoisotopic (exact) mass is 493 g/mol. The molecule has 0 spiro atoms. The maximum atomic E-state index is 10.2. The first-order valence-electron chi connectivity index (χ1n) is 11.5. The molecule has 0 fully saturated rings. The molecule has 0 aliphatic heterocycles. The van der Waals surface area contributed by atoms with E-state index in [0.717, 1.165) is 23.3 Å². The minimum Gasteiger partial charge on any atom is -0.508 e. The Hall–Kier alpha value is -2.47. The highest BCUT2D eigenvalue weighted by atomic mass is 32.1. The molecular formula is C29H35NO2S2. The zero-order chi connectivity index (χ0) is 24.7. The number of hydrogen-bond donors (Lipinski definition) is 3. The van der Waals surface area contributed by atoms with Crippen LogP contribution in [0.5, 0.6) is 5.75 Å². The van der Waals surface area contributed by atoms with Crippen LogP contribution in [0.15, 0.2) is 98.8 Å². The summed E-state index contributed by atoms with van der Waals surface area (Å²) in [7, 11) is 0. The van der Waals surface area contributed by atoms with E-state index in [-0.39, 0.29) is 16.2 Å². The Labute approximate surface area is 211 Å². The van der Waals surface area contributed by atoms with Gasteiger partial charge in [0.25, 0.3) is 0 Å². The Morgan fingerprint density at radius 1 is 1.15 bits per heavy atom. The second kappa shape index (κ2) is 11.8. The van der Waals surface area contributed by atoms with Crippen molar-refractivity contribution in [3.8, 4) is 5.75 Å². The van der Waals surface area contributed by atoms with Gasteiger partial charge in [-0.3, -0.25) is 0 Å². The molecule has 3 nitrogen and oxygen atoms in total. The molecule has 1 aliphatic carbocycles. The minimum absolute atomic E-state index is 0.159. The summed E-state index contributed by atoms with van der Waals surface area (Å²) >= 11 is 2.38. The first-order valence-corrected chi connectivity index (χ1v) is 13.4. The van der Waals surface area contributed by atoms with Gasteiger partial charge in [0.1, 0.15) is 5.75 Å². The molecule has 3 rings (SSSR count). The first kappa shape index (κ1) is 26.1. The van der Waals surface area contributed by atoms with Gasteiger partial charge in [-0.25, -0.2) is 4.98 Å². The normalized spacial score (nSPS) is 20.3. The van der Waals surface area contributed by atoms with Gasteiger partial charge >= 0.3 is 0 Å². The highest BCUT2D eigenvalue weighted by molar-refractivity contribution is 7.98. The van der Waals surface area contributed by atoms with Crippen LogP contribution in [-0.4, -0.2) is 20.2 Å². The van der Waals surface area contributed by atoms with Crippen molar-refractivity contribution in [3.63, 3.8) is 0 Å². The van der Waals surface area contributed by atoms with Crippen LogP contribution >= 0.6 is 22.7 Å². The Kier molecular flexibility index (Phi) is 9.06. The van der Waals surface area contributed by atoms with E-state index < -0.39 is 0 Å². The van der Waals surface area contributed by atoms with E-state index in [1.165, 1.54) is 22.4 Å². The Balaban J connectivity index is 1.69. The van der Waals surface area contributed by atoms with Gasteiger partial charge in [-0.15, -0.1) is 22.7 Å². The van der Waals surface area contributed by atoms with Gasteiger partial charge in [0.05, 0.1) is 16.3 Å². The van der Waals surface area contributed by atoms with Crippen LogP contribution in [0.3, 0.4) is 0 Å². The molecule has 1 heterocycles. The van der Waals surface area contributed by atoms with Gasteiger partial charge in [0.2, 0.25) is 0 Å². The van der Waals surface area contributed by atoms with E-state index >= 15 is 0 Å². The predicted molar refractivity (Wildman–Crippen MR) is 149 cm³/mol. The van der Waals surface area contributed by atoms with Gasteiger partial charge in [0, 0.05) is 16.2 Å². The molecule has 1 atom stereocenters. The molecule has 0 amide bonds. The summed E-state index contributed by atoms with van der Waals surface area (Å²) < 4.78 is 0. The summed E-state index contributed by atoms with van der Waals surface area (Å²) in [6, 6.07) is 6.85. The summed E-state index contributed by atoms with van der Waals surface area (Å²) in [6.45, 7) is 11.0. The third kappa shape index (κ3) is 7.26. The molecule has 0 saturated heterocycles. The van der Waals surface area contributed by atoms with Crippen molar-refractivity contribution in [2.24, 2.45) is 5.41 Å². The first-order chi connectivity index (χ1) is 16.2. The van der Waals surface area contributed by atoms with E-state index in [2.05, 4.69) is 56.3 Å². The third-order valence-corrected chi connectivity index (χ3v) is 7.74. The molecule has 34 heavy (non-hydrogen) atoms. The fraction of sp³-hybridized carbons (Fsp3) is 0.310. The van der Waals surface area contributed by atoms with Crippen molar-refractivity contribution >= 4 is 27.7 Å². The van der Waals surface area contributed by atoms with Crippen LogP contribution in [0.1, 0.15) is 59.1 Å². The number of thiol groups is 1. The third-order valence-electron chi connectivity index (χ3n) is 6.22. The quantitative estimate of drug-likeness (QED) is 0.157. The van der Waals surface area contributed by atoms with Crippen molar-refractivity contribution in [2.75, 3.05) is 0 Å². The fourth-order valence-corrected chi connectivity index (χ4v) is 5.70. The van der Waals surface area contributed by atoms with Gasteiger partial charge in [-0.2, -0.15) is 0 Å². The molecule has 2 aromatic rings. The molecule has 5 heteroatoms. The zero-order valence-electron chi connectivity index (χ0n) is 20.6. The van der Waals surface area contributed by atoms with Crippen molar-refractivity contribution in [1.29, 1.82) is 0 Å². The van der Waals surface area contributed by atoms with E-state index in [1.807, 2.05) is 24.6 Å². The Bertz CT molecular complexity index is 1160. The van der Waals surface area contributed by atoms with Crippen LogP contribution in [0.2, 0.25) is 0 Å². The molecule has 1 aliphatic rings. The van der Waals surface area contributed by atoms with Crippen LogP contribution in [0.4, 0.5) is 0 Å². The SMILES string of the molecule is CC1=C(/C=C/C(C)=C/C=C/C(C)=C\C(O)=[SH]c2ccc(O)cc2)C(C)(C)CCC1c1cscn1. The van der Waals surface area contributed by atoms with Crippen LogP contribution < -0.4 is 0 Å². The number of hydrogen-bond acceptors (Lipinski definition) is 3. The zero-order valence-corrected chi connectivity index (χ0v) is 22.3. The number of phenols is 1. The smallest absolute Gasteiger partial charge is 0.115 e. The molecule has 0 saturated carbocycles. The van der Waals surface area contributed by atoms with E-state index in [1.54, 1.807) is 41.7 Å². The lowest BCUT2D eigenvalue weighted by atomic mass is 9.68. The largest absolute Gasteiger partial charge is 0.508 e. The van der Waals surface area contributed by atoms with Crippen molar-refractivity contribution < 1.29 is 10.2 Å². The van der Waals surface area contributed by atoms with Crippen LogP contribution in [0.25, 0.3) is 0 Å². The number of aromatic nitrogens is 1. The second-order valence-corrected chi connectivity index (χ2v) is 11.4. The molecule has 1 unspecified atom stereocenters. The van der Waals surface area contributed by atoms with Crippen molar-refractivity contribution in [1.82, 2.24) is 4.98 Å². The Morgan fingerprint density at radius 3 is 2.56 bits per heavy atom. The summed E-state index contributed by atoms with van der Waals surface area (Å²) in [5.74, 6) is 0.641. The number of thiazole rings is 1. The van der Waals surface area contributed by atoms with Gasteiger partial charge in [-0.05, 0) is 80.5 Å². The maximum Gasteiger partial charge on any atom is 0.115 e. The molecule has 1 aromatic carbocycles. The molecular weight excluding hydrogens is 458 g/mol. The number of aliphatic hydroxyl groups is 1. The highest BCUT2D eigenvalue weighted by Gasteiger charge is 2.33. The molecule has 2 N–H and O–H groups in total. The summed E-state index contributed by atoms with van der Waals surface area (Å²) in [5, 5.41) is 22.1. The highest BCUT2D eigenvalue weighted by Crippen LogP contribution is 2.47. The van der Waals surface area contributed by atoms with Gasteiger partial charge in [0.15, 0.2) is 0 Å². The molecule has 180 valence electrons. The molecule has 1 aromatic heterocycles. The average Bonchev–Trinajstić information content (AvgIpc) is 3.29. The average molecular weight is 494 g/mol. The van der Waals surface area contributed by atoms with Crippen LogP contribution in [0, 0.1) is 5.41 Å². The van der Waals surface area contributed by atoms with Gasteiger partial charge in [-0.1, -0.05) is 55.4 Å². The molecule has 0 bridgehead atoms. The van der Waals surface area contributed by atoms with Crippen molar-refractivity contribution in [3.05, 3.63) is 99.6 Å². The standard InChI is InChI=1S/C29H35NO2S2/c1-20(7-6-8-21(2)17-28(32)34-24-12-10-23(31)11-13-24)9-14-26-22(3)25(15-16-29(26,4)5)27-18-33-19-30-27/h6-14,17-19,25,31-32,34H,15-16H2,1-5H3/b8-6+,14-9+,20-7+,21-17-. The number of allylic oxidation sites excluding steroid dienone is 9. The lowest BCUT2D eigenvalue weighted by Gasteiger charge is -2.37. The number of aromatic hydroxyl groups is 1. The topological polar surface area (TPSA) is 53.4 Å². The summed E-state index contributed by atoms with van der Waals surface area (Å²) in [4.78, 5) is 5.50. The minimum atomic E-state index is 0.159. The lowest BCUT2D eigenvalue weighted by Crippen LogP contribution is -2.23. The lowest BCUT2D eigenvalue weighted by molar-refractivity contribution is 0.358. The number of benzene rings is 1. The van der Waals surface area contributed by atoms with Gasteiger partial charge < -0.3 is 10.2 Å². The second-order valence-electron chi connectivity index (χ2n) is 9.46. The number of rotatable bonds is 7. The predicted octanol–water partition coefficient (Wildman–Crippen LogP) is 8.29. The number of phenolic OH excluding ortho intramolecular Hbond substituents is 1. The summed E-state index contributed by atoms with van der Waals surface area (Å²) in [6.07, 6.45) is 14.6. The van der Waals surface area contributed by atoms with E-state index in [9.17, 15) is 10.2 Å². The summed E-state index contributed by atoms with van der Waals surface area (Å²) in [5.41, 5.74) is 8.27. The van der Waals surface area contributed by atoms with Crippen LogP contribution in [-0.2, 0) is 0 Å². The number of aliphatic hydroxyl groups excluding tert-OH is 1. The maximum absolute atomic E-state index is 10.2. The fourth-order valence-electron chi connectivity index (χ4n) is 4.26.